The molecule has 2 nitrogen and oxygen atoms in total. The van der Waals surface area contributed by atoms with Crippen LogP contribution in [0.5, 0.6) is 0 Å². The van der Waals surface area contributed by atoms with Gasteiger partial charge >= 0.3 is 0 Å². The van der Waals surface area contributed by atoms with Crippen LogP contribution in [0.2, 0.25) is 0 Å². The van der Waals surface area contributed by atoms with Crippen molar-refractivity contribution in [3.63, 3.8) is 0 Å². The first-order valence-corrected chi connectivity index (χ1v) is 4.80. The second kappa shape index (κ2) is 2.05. The Labute approximate surface area is 73.9 Å². The molecule has 1 aliphatic carbocycles. The zero-order chi connectivity index (χ0) is 9.04. The Balaban J connectivity index is 2.01. The van der Waals surface area contributed by atoms with Crippen LogP contribution in [-0.2, 0) is 4.74 Å². The maximum atomic E-state index is 9.75. The van der Waals surface area contributed by atoms with Crippen LogP contribution in [0.25, 0.3) is 0 Å². The Morgan fingerprint density at radius 3 is 1.75 bits per heavy atom. The van der Waals surface area contributed by atoms with Gasteiger partial charge in [-0.3, -0.25) is 0 Å². The van der Waals surface area contributed by atoms with Gasteiger partial charge in [0.1, 0.15) is 0 Å². The molecule has 0 amide bonds. The van der Waals surface area contributed by atoms with Crippen molar-refractivity contribution in [1.29, 1.82) is 0 Å². The largest absolute Gasteiger partial charge is 0.390 e. The summed E-state index contributed by atoms with van der Waals surface area (Å²) in [4.78, 5) is 0. The first-order chi connectivity index (χ1) is 5.37. The van der Waals surface area contributed by atoms with E-state index in [0.29, 0.717) is 0 Å². The molecule has 2 fully saturated rings. The second-order valence-corrected chi connectivity index (χ2v) is 5.10. The van der Waals surface area contributed by atoms with E-state index in [-0.39, 0.29) is 11.2 Å². The van der Waals surface area contributed by atoms with Gasteiger partial charge in [-0.25, -0.2) is 0 Å². The Hall–Kier alpha value is -0.0800. The molecule has 1 spiro atoms. The molecule has 0 bridgehead atoms. The van der Waals surface area contributed by atoms with E-state index in [2.05, 4.69) is 13.8 Å². The predicted octanol–water partition coefficient (Wildman–Crippen LogP) is 1.86. The summed E-state index contributed by atoms with van der Waals surface area (Å²) in [6.45, 7) is 6.22. The van der Waals surface area contributed by atoms with Gasteiger partial charge in [0.25, 0.3) is 0 Å². The number of rotatable bonds is 0. The molecule has 1 saturated carbocycles. The molecule has 0 aromatic rings. The normalized spacial score (nSPS) is 51.0. The number of hydrogen-bond acceptors (Lipinski definition) is 2. The molecule has 2 rings (SSSR count). The van der Waals surface area contributed by atoms with E-state index in [0.717, 1.165) is 25.7 Å². The van der Waals surface area contributed by atoms with E-state index in [4.69, 9.17) is 4.74 Å². The lowest BCUT2D eigenvalue weighted by molar-refractivity contribution is 0.000506. The summed E-state index contributed by atoms with van der Waals surface area (Å²) in [5.41, 5.74) is -0.244. The predicted molar refractivity (Wildman–Crippen MR) is 47.0 cm³/mol. The average Bonchev–Trinajstić information content (AvgIpc) is 2.45. The molecule has 70 valence electrons. The summed E-state index contributed by atoms with van der Waals surface area (Å²) in [6, 6.07) is 0. The lowest BCUT2D eigenvalue weighted by Crippen LogP contribution is -2.36. The molecule has 0 unspecified atom stereocenters. The van der Waals surface area contributed by atoms with Crippen molar-refractivity contribution in [3.8, 4) is 0 Å². The zero-order valence-corrected chi connectivity index (χ0v) is 8.18. The molecule has 2 heteroatoms. The molecule has 0 radical (unpaired) electrons. The van der Waals surface area contributed by atoms with E-state index in [1.54, 1.807) is 0 Å². The topological polar surface area (TPSA) is 32.8 Å². The fraction of sp³-hybridized carbons (Fsp3) is 1.00. The second-order valence-electron chi connectivity index (χ2n) is 5.10. The summed E-state index contributed by atoms with van der Waals surface area (Å²) in [7, 11) is 0. The highest BCUT2D eigenvalue weighted by Gasteiger charge is 2.64. The fourth-order valence-electron chi connectivity index (χ4n) is 2.36. The first kappa shape index (κ1) is 8.52. The molecule has 12 heavy (non-hydrogen) atoms. The van der Waals surface area contributed by atoms with Crippen LogP contribution in [0.15, 0.2) is 0 Å². The highest BCUT2D eigenvalue weighted by molar-refractivity contribution is 5.13. The SMILES string of the molecule is CC1(O)CCC2(CC1)OC2(C)C. The Kier molecular flexibility index (Phi) is 1.45. The van der Waals surface area contributed by atoms with Crippen molar-refractivity contribution in [2.75, 3.05) is 0 Å². The average molecular weight is 170 g/mol. The molecule has 2 aliphatic rings. The molecular weight excluding hydrogens is 152 g/mol. The lowest BCUT2D eigenvalue weighted by Gasteiger charge is -2.32. The number of ether oxygens (including phenoxy) is 1. The van der Waals surface area contributed by atoms with Crippen LogP contribution in [-0.4, -0.2) is 21.9 Å². The van der Waals surface area contributed by atoms with E-state index in [1.807, 2.05) is 6.92 Å². The van der Waals surface area contributed by atoms with Crippen LogP contribution in [0.3, 0.4) is 0 Å². The van der Waals surface area contributed by atoms with E-state index in [9.17, 15) is 5.11 Å². The molecule has 1 saturated heterocycles. The first-order valence-electron chi connectivity index (χ1n) is 4.80. The molecular formula is C10H18O2. The van der Waals surface area contributed by atoms with Gasteiger partial charge in [-0.2, -0.15) is 0 Å². The van der Waals surface area contributed by atoms with Gasteiger partial charge in [0, 0.05) is 0 Å². The van der Waals surface area contributed by atoms with Crippen molar-refractivity contribution in [2.24, 2.45) is 0 Å². The van der Waals surface area contributed by atoms with Crippen molar-refractivity contribution < 1.29 is 9.84 Å². The Morgan fingerprint density at radius 1 is 1.00 bits per heavy atom. The molecule has 1 aliphatic heterocycles. The standard InChI is InChI=1S/C10H18O2/c1-8(2)10(12-8)6-4-9(3,11)5-7-10/h11H,4-7H2,1-3H3. The summed E-state index contributed by atoms with van der Waals surface area (Å²) < 4.78 is 5.72. The maximum Gasteiger partial charge on any atom is 0.0976 e. The van der Waals surface area contributed by atoms with Crippen molar-refractivity contribution in [2.45, 2.75) is 63.3 Å². The minimum atomic E-state index is -0.437. The molecule has 1 N–H and O–H groups in total. The molecule has 0 atom stereocenters. The smallest absolute Gasteiger partial charge is 0.0976 e. The summed E-state index contributed by atoms with van der Waals surface area (Å²) in [5.74, 6) is 0. The minimum absolute atomic E-state index is 0.0729. The number of hydrogen-bond donors (Lipinski definition) is 1. The molecule has 0 aromatic carbocycles. The van der Waals surface area contributed by atoms with E-state index in [1.165, 1.54) is 0 Å². The maximum absolute atomic E-state index is 9.75. The lowest BCUT2D eigenvalue weighted by atomic mass is 9.75. The minimum Gasteiger partial charge on any atom is -0.390 e. The van der Waals surface area contributed by atoms with Gasteiger partial charge in [-0.15, -0.1) is 0 Å². The van der Waals surface area contributed by atoms with Gasteiger partial charge in [-0.05, 0) is 46.5 Å². The van der Waals surface area contributed by atoms with Crippen LogP contribution in [0.1, 0.15) is 46.5 Å². The van der Waals surface area contributed by atoms with Gasteiger partial charge in [0.2, 0.25) is 0 Å². The van der Waals surface area contributed by atoms with Crippen LogP contribution in [0, 0.1) is 0 Å². The monoisotopic (exact) mass is 170 g/mol. The van der Waals surface area contributed by atoms with Gasteiger partial charge in [-0.1, -0.05) is 0 Å². The van der Waals surface area contributed by atoms with Crippen molar-refractivity contribution in [1.82, 2.24) is 0 Å². The van der Waals surface area contributed by atoms with E-state index < -0.39 is 5.60 Å². The van der Waals surface area contributed by atoms with Gasteiger partial charge in [0.05, 0.1) is 16.8 Å². The van der Waals surface area contributed by atoms with Crippen molar-refractivity contribution >= 4 is 0 Å². The zero-order valence-electron chi connectivity index (χ0n) is 8.18. The quantitative estimate of drug-likeness (QED) is 0.563. The Bertz CT molecular complexity index is 196. The third kappa shape index (κ3) is 1.09. The third-order valence-electron chi connectivity index (χ3n) is 3.64. The third-order valence-corrected chi connectivity index (χ3v) is 3.64. The van der Waals surface area contributed by atoms with Crippen LogP contribution < -0.4 is 0 Å². The fourth-order valence-corrected chi connectivity index (χ4v) is 2.36. The molecule has 0 aromatic heterocycles. The molecule has 1 heterocycles. The summed E-state index contributed by atoms with van der Waals surface area (Å²) >= 11 is 0. The van der Waals surface area contributed by atoms with Crippen LogP contribution in [0.4, 0.5) is 0 Å². The van der Waals surface area contributed by atoms with Crippen LogP contribution >= 0.6 is 0 Å². The van der Waals surface area contributed by atoms with E-state index >= 15 is 0 Å². The highest BCUT2D eigenvalue weighted by atomic mass is 16.6. The van der Waals surface area contributed by atoms with Gasteiger partial charge < -0.3 is 9.84 Å². The Morgan fingerprint density at radius 2 is 1.42 bits per heavy atom. The number of epoxide rings is 1. The highest BCUT2D eigenvalue weighted by Crippen LogP contribution is 2.57. The summed E-state index contributed by atoms with van der Waals surface area (Å²) in [6.07, 6.45) is 3.81. The summed E-state index contributed by atoms with van der Waals surface area (Å²) in [5, 5.41) is 9.75. The van der Waals surface area contributed by atoms with Crippen molar-refractivity contribution in [3.05, 3.63) is 0 Å². The van der Waals surface area contributed by atoms with Gasteiger partial charge in [0.15, 0.2) is 0 Å². The number of aliphatic hydroxyl groups is 1.